The molecule has 0 spiro atoms. The lowest BCUT2D eigenvalue weighted by molar-refractivity contribution is -0.933. The first-order valence-electron chi connectivity index (χ1n) is 10.7. The van der Waals surface area contributed by atoms with E-state index >= 15 is 0 Å². The summed E-state index contributed by atoms with van der Waals surface area (Å²) in [6, 6.07) is 8.46. The Morgan fingerprint density at radius 2 is 1.36 bits per heavy atom. The molecule has 1 unspecified atom stereocenters. The average Bonchev–Trinajstić information content (AvgIpc) is 2.75. The number of aromatic nitrogens is 2. The minimum absolute atomic E-state index is 0. The molecule has 1 atom stereocenters. The van der Waals surface area contributed by atoms with Crippen molar-refractivity contribution in [2.75, 3.05) is 40.4 Å². The van der Waals surface area contributed by atoms with Gasteiger partial charge in [-0.2, -0.15) is 0 Å². The molecule has 1 aliphatic heterocycles. The van der Waals surface area contributed by atoms with Crippen LogP contribution in [0.2, 0.25) is 0 Å². The van der Waals surface area contributed by atoms with Crippen molar-refractivity contribution in [2.45, 2.75) is 44.6 Å². The number of piperidine rings is 1. The normalized spacial score (nSPS) is 16.2. The fourth-order valence-corrected chi connectivity index (χ4v) is 4.48. The van der Waals surface area contributed by atoms with E-state index in [0.717, 1.165) is 43.1 Å². The summed E-state index contributed by atoms with van der Waals surface area (Å²) in [4.78, 5) is 8.65. The maximum Gasteiger partial charge on any atom is 0.212 e. The molecule has 2 aromatic rings. The van der Waals surface area contributed by atoms with E-state index in [0.29, 0.717) is 17.8 Å². The van der Waals surface area contributed by atoms with Crippen LogP contribution in [0.5, 0.6) is 11.8 Å². The van der Waals surface area contributed by atoms with Crippen LogP contribution in [-0.2, 0) is 12.8 Å². The lowest BCUT2D eigenvalue weighted by Gasteiger charge is -2.44. The van der Waals surface area contributed by atoms with Gasteiger partial charge in [0.2, 0.25) is 11.8 Å². The second-order valence-electron chi connectivity index (χ2n) is 8.22. The number of likely N-dealkylation sites (tertiary alicyclic amines) is 1. The van der Waals surface area contributed by atoms with Crippen molar-refractivity contribution in [3.63, 3.8) is 0 Å². The standard InChI is InChI=1S/C23H35N4O2.4ClH/c1-28-22-11-9-19(16-25-22)6-3-13-27(15-5-8-21(24)18-27)14-4-7-20-10-12-23(29-2)26-17-20;;;;/h9-12,16-17,21H,3-8,13-15,18,24H2,1-2H3;4*1H/q+1;;;;/p-1. The Morgan fingerprint density at radius 3 is 1.73 bits per heavy atom. The topological polar surface area (TPSA) is 70.3 Å². The van der Waals surface area contributed by atoms with Gasteiger partial charge in [0.05, 0.1) is 46.4 Å². The van der Waals surface area contributed by atoms with Crippen molar-refractivity contribution < 1.29 is 26.4 Å². The molecule has 190 valence electrons. The molecular weight excluding hydrogens is 506 g/mol. The van der Waals surface area contributed by atoms with Crippen LogP contribution in [0.1, 0.15) is 36.8 Å². The Kier molecular flexibility index (Phi) is 18.0. The molecule has 0 aliphatic carbocycles. The third-order valence-electron chi connectivity index (χ3n) is 6.04. The van der Waals surface area contributed by atoms with E-state index in [2.05, 4.69) is 22.1 Å². The summed E-state index contributed by atoms with van der Waals surface area (Å²) < 4.78 is 11.4. The van der Waals surface area contributed by atoms with E-state index < -0.39 is 0 Å². The second kappa shape index (κ2) is 17.4. The number of ether oxygens (including phenoxy) is 2. The van der Waals surface area contributed by atoms with Crippen molar-refractivity contribution in [2.24, 2.45) is 5.73 Å². The zero-order chi connectivity index (χ0) is 20.5. The minimum Gasteiger partial charge on any atom is -1.00 e. The fraction of sp³-hybridized carbons (Fsp3) is 0.565. The van der Waals surface area contributed by atoms with Crippen LogP contribution < -0.4 is 27.6 Å². The highest BCUT2D eigenvalue weighted by Gasteiger charge is 2.32. The molecule has 2 aromatic heterocycles. The molecule has 2 N–H and O–H groups in total. The monoisotopic (exact) mass is 542 g/mol. The van der Waals surface area contributed by atoms with Crippen LogP contribution in [0.3, 0.4) is 0 Å². The number of hydrogen-bond acceptors (Lipinski definition) is 5. The largest absolute Gasteiger partial charge is 1.00 e. The number of aryl methyl sites for hydroxylation is 2. The average molecular weight is 544 g/mol. The smallest absolute Gasteiger partial charge is 0.212 e. The molecule has 3 heterocycles. The van der Waals surface area contributed by atoms with Crippen LogP contribution in [0, 0.1) is 0 Å². The number of pyridine rings is 2. The van der Waals surface area contributed by atoms with Crippen LogP contribution >= 0.6 is 37.2 Å². The van der Waals surface area contributed by atoms with E-state index in [9.17, 15) is 0 Å². The van der Waals surface area contributed by atoms with Gasteiger partial charge in [-0.25, -0.2) is 9.97 Å². The minimum atomic E-state index is 0. The van der Waals surface area contributed by atoms with E-state index in [-0.39, 0.29) is 49.6 Å². The number of halogens is 4. The van der Waals surface area contributed by atoms with Gasteiger partial charge in [0.15, 0.2) is 0 Å². The van der Waals surface area contributed by atoms with Gasteiger partial charge >= 0.3 is 0 Å². The van der Waals surface area contributed by atoms with Crippen molar-refractivity contribution in [3.05, 3.63) is 47.8 Å². The molecule has 33 heavy (non-hydrogen) atoms. The van der Waals surface area contributed by atoms with Gasteiger partial charge < -0.3 is 32.1 Å². The summed E-state index contributed by atoms with van der Waals surface area (Å²) in [7, 11) is 3.30. The third kappa shape index (κ3) is 10.8. The summed E-state index contributed by atoms with van der Waals surface area (Å²) in [5, 5.41) is 0. The Labute approximate surface area is 223 Å². The van der Waals surface area contributed by atoms with Gasteiger partial charge in [-0.15, -0.1) is 37.2 Å². The number of quaternary nitrogens is 1. The van der Waals surface area contributed by atoms with Crippen LogP contribution in [0.15, 0.2) is 36.7 Å². The molecule has 0 amide bonds. The van der Waals surface area contributed by atoms with Crippen molar-refractivity contribution in [3.8, 4) is 11.8 Å². The summed E-state index contributed by atoms with van der Waals surface area (Å²) in [6.07, 6.45) is 10.7. The summed E-state index contributed by atoms with van der Waals surface area (Å²) in [5.74, 6) is 1.35. The number of methoxy groups -OCH3 is 2. The van der Waals surface area contributed by atoms with Crippen LogP contribution in [0.25, 0.3) is 0 Å². The highest BCUT2D eigenvalue weighted by Crippen LogP contribution is 2.22. The quantitative estimate of drug-likeness (QED) is 0.457. The zero-order valence-corrected chi connectivity index (χ0v) is 22.7. The Hall–Kier alpha value is -1.02. The van der Waals surface area contributed by atoms with Crippen molar-refractivity contribution in [1.82, 2.24) is 9.97 Å². The van der Waals surface area contributed by atoms with E-state index in [1.54, 1.807) is 14.2 Å². The maximum absolute atomic E-state index is 6.38. The SMILES string of the molecule is COc1ccc(CCC[N+]2(CCCc3ccc(OC)nc3)CCCC(N)C2)cn1.Cl.Cl.Cl.[Cl-]. The van der Waals surface area contributed by atoms with Gasteiger partial charge in [0.1, 0.15) is 0 Å². The molecule has 0 radical (unpaired) electrons. The first-order chi connectivity index (χ1) is 14.1. The van der Waals surface area contributed by atoms with E-state index in [4.69, 9.17) is 15.2 Å². The molecule has 10 heteroatoms. The first-order valence-corrected chi connectivity index (χ1v) is 10.7. The predicted molar refractivity (Wildman–Crippen MR) is 137 cm³/mol. The van der Waals surface area contributed by atoms with Gasteiger partial charge in [-0.05, 0) is 36.8 Å². The van der Waals surface area contributed by atoms with E-state index in [1.165, 1.54) is 37.2 Å². The Balaban J connectivity index is 0. The molecular formula is C23H38Cl4N4O2. The molecule has 3 rings (SSSR count). The zero-order valence-electron chi connectivity index (χ0n) is 19.5. The first kappa shape index (κ1) is 34.1. The third-order valence-corrected chi connectivity index (χ3v) is 6.04. The lowest BCUT2D eigenvalue weighted by Crippen LogP contribution is -3.00. The second-order valence-corrected chi connectivity index (χ2v) is 8.22. The molecule has 1 fully saturated rings. The number of nitrogens with zero attached hydrogens (tertiary/aromatic N) is 3. The van der Waals surface area contributed by atoms with Crippen LogP contribution in [-0.4, -0.2) is 60.9 Å². The molecule has 0 bridgehead atoms. The molecule has 0 aromatic carbocycles. The maximum atomic E-state index is 6.38. The highest BCUT2D eigenvalue weighted by atomic mass is 35.5. The van der Waals surface area contributed by atoms with Gasteiger partial charge in [0.25, 0.3) is 0 Å². The summed E-state index contributed by atoms with van der Waals surface area (Å²) >= 11 is 0. The molecule has 1 saturated heterocycles. The van der Waals surface area contributed by atoms with Gasteiger partial charge in [-0.1, -0.05) is 12.1 Å². The molecule has 6 nitrogen and oxygen atoms in total. The molecule has 1 aliphatic rings. The highest BCUT2D eigenvalue weighted by molar-refractivity contribution is 5.86. The summed E-state index contributed by atoms with van der Waals surface area (Å²) in [5.41, 5.74) is 8.92. The lowest BCUT2D eigenvalue weighted by atomic mass is 10.0. The van der Waals surface area contributed by atoms with Gasteiger partial charge in [-0.3, -0.25) is 0 Å². The van der Waals surface area contributed by atoms with Gasteiger partial charge in [0, 0.05) is 37.4 Å². The predicted octanol–water partition coefficient (Wildman–Crippen LogP) is 1.27. The Bertz CT molecular complexity index is 698. The number of rotatable bonds is 10. The number of hydrogen-bond donors (Lipinski definition) is 1. The van der Waals surface area contributed by atoms with E-state index in [1.807, 2.05) is 24.5 Å². The number of nitrogens with two attached hydrogens (primary N) is 1. The van der Waals surface area contributed by atoms with Crippen LogP contribution in [0.4, 0.5) is 0 Å². The fourth-order valence-electron chi connectivity index (χ4n) is 4.48. The van der Waals surface area contributed by atoms with Crippen molar-refractivity contribution >= 4 is 37.2 Å². The Morgan fingerprint density at radius 1 is 0.879 bits per heavy atom. The van der Waals surface area contributed by atoms with Crippen molar-refractivity contribution in [1.29, 1.82) is 0 Å². The summed E-state index contributed by atoms with van der Waals surface area (Å²) in [6.45, 7) is 4.71. The molecule has 0 saturated carbocycles.